The number of benzene rings is 2. The van der Waals surface area contributed by atoms with E-state index in [0.29, 0.717) is 49.5 Å². The van der Waals surface area contributed by atoms with E-state index in [4.69, 9.17) is 0 Å². The minimum absolute atomic E-state index is 0.285. The molecule has 1 aliphatic heterocycles. The largest absolute Gasteiger partial charge is 0.340 e. The molecule has 2 aromatic carbocycles. The zero-order valence-electron chi connectivity index (χ0n) is 18.9. The second kappa shape index (κ2) is 9.39. The molecule has 0 amide bonds. The molecule has 0 spiro atoms. The fourth-order valence-corrected chi connectivity index (χ4v) is 5.17. The van der Waals surface area contributed by atoms with Crippen molar-refractivity contribution < 1.29 is 12.8 Å². The molecular formula is C23H23FN8O2S. The van der Waals surface area contributed by atoms with Crippen LogP contribution in [0.2, 0.25) is 0 Å². The molecule has 2 aromatic heterocycles. The number of rotatable bonds is 6. The maximum absolute atomic E-state index is 13.3. The first-order chi connectivity index (χ1) is 16.9. The van der Waals surface area contributed by atoms with Gasteiger partial charge in [0.1, 0.15) is 30.1 Å². The predicted octanol–water partition coefficient (Wildman–Crippen LogP) is 2.76. The molecule has 0 atom stereocenters. The number of nitrogens with one attached hydrogen (secondary N) is 1. The van der Waals surface area contributed by atoms with Crippen molar-refractivity contribution in [2.75, 3.05) is 36.4 Å². The molecule has 1 saturated heterocycles. The maximum Gasteiger partial charge on any atom is 0.243 e. The topological polar surface area (TPSA) is 109 Å². The smallest absolute Gasteiger partial charge is 0.243 e. The Morgan fingerprint density at radius 2 is 1.54 bits per heavy atom. The van der Waals surface area contributed by atoms with Crippen molar-refractivity contribution in [2.45, 2.75) is 11.8 Å². The quantitative estimate of drug-likeness (QED) is 0.436. The summed E-state index contributed by atoms with van der Waals surface area (Å²) in [6, 6.07) is 14.5. The SMILES string of the molecule is Cc1ccc(S(=O)(=O)N2CCN(c3nc(Nc4ccc(F)cc4)cc(-n4cnnc4)n3)CC2)cc1. The molecule has 0 radical (unpaired) electrons. The summed E-state index contributed by atoms with van der Waals surface area (Å²) in [6.07, 6.45) is 3.06. The van der Waals surface area contributed by atoms with Crippen molar-refractivity contribution in [3.8, 4) is 5.82 Å². The molecule has 180 valence electrons. The third-order valence-electron chi connectivity index (χ3n) is 5.68. The van der Waals surface area contributed by atoms with E-state index in [1.807, 2.05) is 11.8 Å². The van der Waals surface area contributed by atoms with E-state index >= 15 is 0 Å². The van der Waals surface area contributed by atoms with Gasteiger partial charge in [0.15, 0.2) is 0 Å². The van der Waals surface area contributed by atoms with E-state index in [1.165, 1.54) is 29.1 Å². The molecule has 0 unspecified atom stereocenters. The molecule has 0 bridgehead atoms. The summed E-state index contributed by atoms with van der Waals surface area (Å²) in [5.41, 5.74) is 1.67. The first-order valence-corrected chi connectivity index (χ1v) is 12.4. The highest BCUT2D eigenvalue weighted by atomic mass is 32.2. The van der Waals surface area contributed by atoms with Gasteiger partial charge < -0.3 is 10.2 Å². The number of aromatic nitrogens is 5. The molecule has 1 fully saturated rings. The van der Waals surface area contributed by atoms with Gasteiger partial charge in [-0.05, 0) is 43.3 Å². The van der Waals surface area contributed by atoms with Crippen molar-refractivity contribution in [1.29, 1.82) is 0 Å². The average molecular weight is 495 g/mol. The summed E-state index contributed by atoms with van der Waals surface area (Å²) in [7, 11) is -3.58. The highest BCUT2D eigenvalue weighted by molar-refractivity contribution is 7.89. The molecule has 4 aromatic rings. The Balaban J connectivity index is 1.38. The van der Waals surface area contributed by atoms with Crippen LogP contribution in [-0.2, 0) is 10.0 Å². The van der Waals surface area contributed by atoms with Crippen LogP contribution < -0.4 is 10.2 Å². The van der Waals surface area contributed by atoms with Crippen LogP contribution in [0.1, 0.15) is 5.56 Å². The fraction of sp³-hybridized carbons (Fsp3) is 0.217. The van der Waals surface area contributed by atoms with E-state index < -0.39 is 10.0 Å². The summed E-state index contributed by atoms with van der Waals surface area (Å²) in [6.45, 7) is 3.37. The Labute approximate surface area is 202 Å². The summed E-state index contributed by atoms with van der Waals surface area (Å²) < 4.78 is 42.5. The lowest BCUT2D eigenvalue weighted by molar-refractivity contribution is 0.382. The third-order valence-corrected chi connectivity index (χ3v) is 7.59. The number of nitrogens with zero attached hydrogens (tertiary/aromatic N) is 7. The Morgan fingerprint density at radius 3 is 2.20 bits per heavy atom. The molecule has 3 heterocycles. The summed E-state index contributed by atoms with van der Waals surface area (Å²) in [5, 5.41) is 10.8. The van der Waals surface area contributed by atoms with Crippen LogP contribution in [0.5, 0.6) is 0 Å². The van der Waals surface area contributed by atoms with Crippen molar-refractivity contribution in [3.63, 3.8) is 0 Å². The molecule has 0 saturated carbocycles. The van der Waals surface area contributed by atoms with Gasteiger partial charge in [0.2, 0.25) is 16.0 Å². The van der Waals surface area contributed by atoms with Crippen molar-refractivity contribution in [2.24, 2.45) is 0 Å². The Hall–Kier alpha value is -3.90. The number of anilines is 3. The number of sulfonamides is 1. The summed E-state index contributed by atoms with van der Waals surface area (Å²) >= 11 is 0. The highest BCUT2D eigenvalue weighted by Crippen LogP contribution is 2.23. The van der Waals surface area contributed by atoms with Crippen molar-refractivity contribution >= 4 is 27.5 Å². The van der Waals surface area contributed by atoms with Crippen LogP contribution in [0.15, 0.2) is 72.1 Å². The van der Waals surface area contributed by atoms with E-state index in [-0.39, 0.29) is 10.7 Å². The van der Waals surface area contributed by atoms with Gasteiger partial charge >= 0.3 is 0 Å². The van der Waals surface area contributed by atoms with Crippen LogP contribution in [-0.4, -0.2) is 63.6 Å². The van der Waals surface area contributed by atoms with Gasteiger partial charge in [-0.3, -0.25) is 4.57 Å². The van der Waals surface area contributed by atoms with Crippen LogP contribution >= 0.6 is 0 Å². The van der Waals surface area contributed by atoms with Crippen molar-refractivity contribution in [1.82, 2.24) is 29.0 Å². The van der Waals surface area contributed by atoms with Crippen LogP contribution in [0.3, 0.4) is 0 Å². The van der Waals surface area contributed by atoms with Gasteiger partial charge in [-0.1, -0.05) is 17.7 Å². The van der Waals surface area contributed by atoms with Gasteiger partial charge in [0, 0.05) is 37.9 Å². The minimum atomic E-state index is -3.58. The average Bonchev–Trinajstić information content (AvgIpc) is 3.41. The predicted molar refractivity (Wildman–Crippen MR) is 129 cm³/mol. The number of halogens is 1. The number of aryl methyl sites for hydroxylation is 1. The summed E-state index contributed by atoms with van der Waals surface area (Å²) in [5.74, 6) is 1.15. The lowest BCUT2D eigenvalue weighted by atomic mass is 10.2. The fourth-order valence-electron chi connectivity index (χ4n) is 3.75. The molecule has 1 N–H and O–H groups in total. The second-order valence-electron chi connectivity index (χ2n) is 8.12. The lowest BCUT2D eigenvalue weighted by Gasteiger charge is -2.34. The lowest BCUT2D eigenvalue weighted by Crippen LogP contribution is -2.49. The van der Waals surface area contributed by atoms with Gasteiger partial charge in [-0.2, -0.15) is 14.3 Å². The number of hydrogen-bond acceptors (Lipinski definition) is 8. The molecule has 5 rings (SSSR count). The highest BCUT2D eigenvalue weighted by Gasteiger charge is 2.29. The Kier molecular flexibility index (Phi) is 6.14. The van der Waals surface area contributed by atoms with Gasteiger partial charge in [0.25, 0.3) is 0 Å². The number of piperazine rings is 1. The van der Waals surface area contributed by atoms with E-state index in [2.05, 4.69) is 25.5 Å². The minimum Gasteiger partial charge on any atom is -0.340 e. The first kappa shape index (κ1) is 22.9. The van der Waals surface area contributed by atoms with Crippen molar-refractivity contribution in [3.05, 3.63) is 78.6 Å². The normalized spacial score (nSPS) is 14.7. The molecule has 1 aliphatic rings. The molecule has 0 aliphatic carbocycles. The van der Waals surface area contributed by atoms with E-state index in [0.717, 1.165) is 5.56 Å². The molecular weight excluding hydrogens is 471 g/mol. The van der Waals surface area contributed by atoms with Crippen LogP contribution in [0.25, 0.3) is 5.82 Å². The maximum atomic E-state index is 13.3. The molecule has 35 heavy (non-hydrogen) atoms. The molecule has 12 heteroatoms. The monoisotopic (exact) mass is 494 g/mol. The van der Waals surface area contributed by atoms with Crippen LogP contribution in [0.4, 0.5) is 21.8 Å². The summed E-state index contributed by atoms with van der Waals surface area (Å²) in [4.78, 5) is 11.5. The first-order valence-electron chi connectivity index (χ1n) is 11.0. The van der Waals surface area contributed by atoms with Crippen LogP contribution in [0, 0.1) is 12.7 Å². The third kappa shape index (κ3) is 4.98. The Morgan fingerprint density at radius 1 is 0.886 bits per heavy atom. The van der Waals surface area contributed by atoms with Gasteiger partial charge in [-0.15, -0.1) is 10.2 Å². The number of hydrogen-bond donors (Lipinski definition) is 1. The van der Waals surface area contributed by atoms with E-state index in [9.17, 15) is 12.8 Å². The van der Waals surface area contributed by atoms with E-state index in [1.54, 1.807) is 47.0 Å². The molecule has 10 nitrogen and oxygen atoms in total. The van der Waals surface area contributed by atoms with Gasteiger partial charge in [0.05, 0.1) is 4.90 Å². The standard InChI is InChI=1S/C23H23FN8O2S/c1-17-2-8-20(9-3-17)35(33,34)32-12-10-30(11-13-32)23-28-21(27-19-6-4-18(24)5-7-19)14-22(29-23)31-15-25-26-16-31/h2-9,14-16H,10-13H2,1H3,(H,27,28,29). The zero-order chi connectivity index (χ0) is 24.4. The zero-order valence-corrected chi connectivity index (χ0v) is 19.7. The second-order valence-corrected chi connectivity index (χ2v) is 10.1. The van der Waals surface area contributed by atoms with Gasteiger partial charge in [-0.25, -0.2) is 12.8 Å². The Bertz CT molecular complexity index is 1400.